The van der Waals surface area contributed by atoms with E-state index in [1.165, 1.54) is 0 Å². The predicted molar refractivity (Wildman–Crippen MR) is 69.4 cm³/mol. The molecule has 5 amide bonds. The fourth-order valence-electron chi connectivity index (χ4n) is 2.45. The Labute approximate surface area is 117 Å². The Kier molecular flexibility index (Phi) is 3.31. The molecule has 1 aliphatic heterocycles. The van der Waals surface area contributed by atoms with Crippen LogP contribution in [0.25, 0.3) is 0 Å². The van der Waals surface area contributed by atoms with Gasteiger partial charge in [-0.05, 0) is 33.6 Å². The van der Waals surface area contributed by atoms with Crippen LogP contribution in [-0.2, 0) is 14.4 Å². The summed E-state index contributed by atoms with van der Waals surface area (Å²) in [5, 5.41) is 4.85. The molecule has 7 heteroatoms. The van der Waals surface area contributed by atoms with E-state index in [2.05, 4.69) is 10.6 Å². The fourth-order valence-corrected chi connectivity index (χ4v) is 2.45. The lowest BCUT2D eigenvalue weighted by atomic mass is 9.66. The second kappa shape index (κ2) is 4.57. The normalized spacial score (nSPS) is 21.6. The first-order valence-corrected chi connectivity index (χ1v) is 6.64. The minimum atomic E-state index is -1.13. The highest BCUT2D eigenvalue weighted by atomic mass is 16.2. The molecule has 2 rings (SSSR count). The maximum atomic E-state index is 12.3. The van der Waals surface area contributed by atoms with Crippen molar-refractivity contribution in [3.05, 3.63) is 0 Å². The predicted octanol–water partition coefficient (Wildman–Crippen LogP) is 0.150. The van der Waals surface area contributed by atoms with E-state index in [9.17, 15) is 19.2 Å². The Morgan fingerprint density at radius 2 is 1.90 bits per heavy atom. The zero-order chi connectivity index (χ0) is 15.1. The number of carbonyl (C=O) groups excluding carboxylic acids is 4. The average Bonchev–Trinajstić information content (AvgIpc) is 2.19. The number of amides is 5. The SMILES string of the molecule is CC(C)(C)NC(=O)CN1C(=O)NC(=O)C2(CCC2)C1=O. The van der Waals surface area contributed by atoms with Gasteiger partial charge >= 0.3 is 6.03 Å². The molecule has 1 aliphatic carbocycles. The third kappa shape index (κ3) is 2.39. The molecule has 1 saturated carbocycles. The van der Waals surface area contributed by atoms with Crippen molar-refractivity contribution in [3.8, 4) is 0 Å². The summed E-state index contributed by atoms with van der Waals surface area (Å²) in [7, 11) is 0. The first-order valence-electron chi connectivity index (χ1n) is 6.64. The molecule has 0 unspecified atom stereocenters. The van der Waals surface area contributed by atoms with Crippen LogP contribution < -0.4 is 10.6 Å². The van der Waals surface area contributed by atoms with Crippen molar-refractivity contribution in [2.45, 2.75) is 45.6 Å². The van der Waals surface area contributed by atoms with Crippen molar-refractivity contribution in [3.63, 3.8) is 0 Å². The van der Waals surface area contributed by atoms with Crippen molar-refractivity contribution in [2.75, 3.05) is 6.54 Å². The molecule has 2 fully saturated rings. The van der Waals surface area contributed by atoms with Gasteiger partial charge in [-0.25, -0.2) is 4.79 Å². The molecular weight excluding hydrogens is 262 g/mol. The smallest absolute Gasteiger partial charge is 0.331 e. The van der Waals surface area contributed by atoms with Crippen LogP contribution in [0.15, 0.2) is 0 Å². The quantitative estimate of drug-likeness (QED) is 0.704. The van der Waals surface area contributed by atoms with Gasteiger partial charge in [0.15, 0.2) is 0 Å². The van der Waals surface area contributed by atoms with Gasteiger partial charge in [-0.1, -0.05) is 6.42 Å². The van der Waals surface area contributed by atoms with Crippen LogP contribution in [0.2, 0.25) is 0 Å². The summed E-state index contributed by atoms with van der Waals surface area (Å²) >= 11 is 0. The Morgan fingerprint density at radius 3 is 2.35 bits per heavy atom. The number of nitrogens with one attached hydrogen (secondary N) is 2. The van der Waals surface area contributed by atoms with Crippen molar-refractivity contribution in [1.29, 1.82) is 0 Å². The van der Waals surface area contributed by atoms with Gasteiger partial charge in [0, 0.05) is 5.54 Å². The van der Waals surface area contributed by atoms with Gasteiger partial charge in [0.1, 0.15) is 12.0 Å². The van der Waals surface area contributed by atoms with Crippen molar-refractivity contribution < 1.29 is 19.2 Å². The number of barbiturate groups is 1. The van der Waals surface area contributed by atoms with Crippen LogP contribution in [-0.4, -0.2) is 40.7 Å². The highest BCUT2D eigenvalue weighted by molar-refractivity contribution is 6.20. The monoisotopic (exact) mass is 281 g/mol. The fraction of sp³-hybridized carbons (Fsp3) is 0.692. The van der Waals surface area contributed by atoms with Crippen molar-refractivity contribution in [1.82, 2.24) is 15.5 Å². The molecule has 0 aromatic carbocycles. The molecule has 7 nitrogen and oxygen atoms in total. The van der Waals surface area contributed by atoms with Gasteiger partial charge in [-0.15, -0.1) is 0 Å². The van der Waals surface area contributed by atoms with E-state index in [4.69, 9.17) is 0 Å². The van der Waals surface area contributed by atoms with Crippen LogP contribution >= 0.6 is 0 Å². The van der Waals surface area contributed by atoms with E-state index in [-0.39, 0.29) is 6.54 Å². The number of hydrogen-bond acceptors (Lipinski definition) is 4. The highest BCUT2D eigenvalue weighted by Gasteiger charge is 2.57. The molecule has 0 atom stereocenters. The van der Waals surface area contributed by atoms with E-state index in [0.717, 1.165) is 11.3 Å². The molecule has 0 bridgehead atoms. The van der Waals surface area contributed by atoms with Crippen molar-refractivity contribution in [2.24, 2.45) is 5.41 Å². The molecule has 110 valence electrons. The summed E-state index contributed by atoms with van der Waals surface area (Å²) < 4.78 is 0. The molecule has 2 aliphatic rings. The third-order valence-corrected chi connectivity index (χ3v) is 3.58. The Hall–Kier alpha value is -1.92. The van der Waals surface area contributed by atoms with Crippen molar-refractivity contribution >= 4 is 23.8 Å². The molecule has 0 aromatic rings. The zero-order valence-corrected chi connectivity index (χ0v) is 11.9. The topological polar surface area (TPSA) is 95.6 Å². The molecular formula is C13H19N3O4. The van der Waals surface area contributed by atoms with Crippen LogP contribution in [0.3, 0.4) is 0 Å². The minimum absolute atomic E-state index is 0.364. The summed E-state index contributed by atoms with van der Waals surface area (Å²) in [5.41, 5.74) is -1.58. The maximum absolute atomic E-state index is 12.3. The summed E-state index contributed by atoms with van der Waals surface area (Å²) in [6, 6.07) is -0.818. The number of rotatable bonds is 2. The maximum Gasteiger partial charge on any atom is 0.331 e. The molecule has 1 spiro atoms. The number of nitrogens with zero attached hydrogens (tertiary/aromatic N) is 1. The lowest BCUT2D eigenvalue weighted by Crippen LogP contribution is -2.67. The molecule has 2 N–H and O–H groups in total. The molecule has 1 heterocycles. The lowest BCUT2D eigenvalue weighted by Gasteiger charge is -2.44. The van der Waals surface area contributed by atoms with E-state index < -0.39 is 34.7 Å². The number of imide groups is 2. The van der Waals surface area contributed by atoms with E-state index >= 15 is 0 Å². The van der Waals surface area contributed by atoms with Gasteiger partial charge in [0.2, 0.25) is 17.7 Å². The third-order valence-electron chi connectivity index (χ3n) is 3.58. The molecule has 20 heavy (non-hydrogen) atoms. The van der Waals surface area contributed by atoms with E-state index in [1.54, 1.807) is 20.8 Å². The summed E-state index contributed by atoms with van der Waals surface area (Å²) in [6.07, 6.45) is 1.64. The molecule has 0 radical (unpaired) electrons. The van der Waals surface area contributed by atoms with Crippen LogP contribution in [0.1, 0.15) is 40.0 Å². The summed E-state index contributed by atoms with van der Waals surface area (Å²) in [4.78, 5) is 48.5. The Balaban J connectivity index is 2.11. The lowest BCUT2D eigenvalue weighted by molar-refractivity contribution is -0.158. The number of hydrogen-bond donors (Lipinski definition) is 2. The first-order chi connectivity index (χ1) is 9.16. The average molecular weight is 281 g/mol. The molecule has 0 aromatic heterocycles. The van der Waals surface area contributed by atoms with E-state index in [1.807, 2.05) is 0 Å². The van der Waals surface area contributed by atoms with Gasteiger partial charge < -0.3 is 5.32 Å². The van der Waals surface area contributed by atoms with Crippen LogP contribution in [0.4, 0.5) is 4.79 Å². The van der Waals surface area contributed by atoms with Gasteiger partial charge in [0.25, 0.3) is 0 Å². The Morgan fingerprint density at radius 1 is 1.30 bits per heavy atom. The van der Waals surface area contributed by atoms with Crippen LogP contribution in [0.5, 0.6) is 0 Å². The minimum Gasteiger partial charge on any atom is -0.350 e. The number of carbonyl (C=O) groups is 4. The second-order valence-electron chi connectivity index (χ2n) is 6.38. The summed E-state index contributed by atoms with van der Waals surface area (Å²) in [6.45, 7) is 5.05. The zero-order valence-electron chi connectivity index (χ0n) is 11.9. The van der Waals surface area contributed by atoms with E-state index in [0.29, 0.717) is 12.8 Å². The highest BCUT2D eigenvalue weighted by Crippen LogP contribution is 2.44. The van der Waals surface area contributed by atoms with Crippen LogP contribution in [0, 0.1) is 5.41 Å². The first kappa shape index (κ1) is 14.5. The molecule has 1 saturated heterocycles. The van der Waals surface area contributed by atoms with Gasteiger partial charge in [-0.3, -0.25) is 24.6 Å². The Bertz CT molecular complexity index is 488. The number of urea groups is 1. The van der Waals surface area contributed by atoms with Gasteiger partial charge in [0.05, 0.1) is 0 Å². The largest absolute Gasteiger partial charge is 0.350 e. The summed E-state index contributed by atoms with van der Waals surface area (Å²) in [5.74, 6) is -1.52. The van der Waals surface area contributed by atoms with Gasteiger partial charge in [-0.2, -0.15) is 0 Å². The second-order valence-corrected chi connectivity index (χ2v) is 6.38. The standard InChI is InChI=1S/C13H19N3O4/c1-12(2,3)15-8(17)7-16-10(19)13(5-4-6-13)9(18)14-11(16)20/h4-7H2,1-3H3,(H,15,17)(H,14,18,20).